The maximum Gasteiger partial charge on any atom is 0.0125 e. The normalized spacial score (nSPS) is 29.1. The van der Waals surface area contributed by atoms with Crippen molar-refractivity contribution in [1.29, 1.82) is 0 Å². The molecule has 0 bridgehead atoms. The van der Waals surface area contributed by atoms with E-state index in [1.807, 2.05) is 0 Å². The molecule has 1 N–H and O–H groups in total. The first-order valence-corrected chi connectivity index (χ1v) is 5.38. The zero-order valence-electron chi connectivity index (χ0n) is 9.72. The molecule has 1 aliphatic carbocycles. The summed E-state index contributed by atoms with van der Waals surface area (Å²) in [4.78, 5) is 2.33. The van der Waals surface area contributed by atoms with Gasteiger partial charge in [0.15, 0.2) is 0 Å². The van der Waals surface area contributed by atoms with Crippen molar-refractivity contribution in [2.45, 2.75) is 57.7 Å². The second-order valence-electron chi connectivity index (χ2n) is 5.17. The Morgan fingerprint density at radius 2 is 1.85 bits per heavy atom. The maximum absolute atomic E-state index is 3.70. The minimum absolute atomic E-state index is 0.321. The molecule has 0 aromatic carbocycles. The Balaban J connectivity index is 2.21. The Bertz CT molecular complexity index is 157. The lowest BCUT2D eigenvalue weighted by molar-refractivity contribution is 0.123. The van der Waals surface area contributed by atoms with Gasteiger partial charge in [0.05, 0.1) is 0 Å². The van der Waals surface area contributed by atoms with Crippen molar-refractivity contribution < 1.29 is 0 Å². The van der Waals surface area contributed by atoms with Crippen molar-refractivity contribution in [3.05, 3.63) is 0 Å². The molecule has 0 radical (unpaired) electrons. The monoisotopic (exact) mass is 184 g/mol. The average Bonchev–Trinajstić information content (AvgIpc) is 1.95. The number of hydrogen-bond donors (Lipinski definition) is 1. The molecule has 0 atom stereocenters. The summed E-state index contributed by atoms with van der Waals surface area (Å²) in [5.74, 6) is 0. The molecular weight excluding hydrogens is 160 g/mol. The van der Waals surface area contributed by atoms with Gasteiger partial charge in [-0.1, -0.05) is 6.92 Å². The highest BCUT2D eigenvalue weighted by molar-refractivity contribution is 4.93. The standard InChI is InChI=1S/C11H24N2/c1-6-11(2,3)12-9-7-10(8-9)13(4)5/h9-10,12H,6-8H2,1-5H3. The van der Waals surface area contributed by atoms with Crippen LogP contribution in [0, 0.1) is 0 Å². The van der Waals surface area contributed by atoms with Crippen molar-refractivity contribution >= 4 is 0 Å². The highest BCUT2D eigenvalue weighted by Crippen LogP contribution is 2.26. The number of nitrogens with one attached hydrogen (secondary N) is 1. The first kappa shape index (κ1) is 11.0. The van der Waals surface area contributed by atoms with E-state index in [0.717, 1.165) is 12.1 Å². The van der Waals surface area contributed by atoms with Crippen molar-refractivity contribution in [2.24, 2.45) is 0 Å². The molecule has 0 saturated heterocycles. The van der Waals surface area contributed by atoms with Crippen LogP contribution in [0.15, 0.2) is 0 Å². The lowest BCUT2D eigenvalue weighted by Crippen LogP contribution is -2.56. The summed E-state index contributed by atoms with van der Waals surface area (Å²) in [5.41, 5.74) is 0.321. The van der Waals surface area contributed by atoms with E-state index in [-0.39, 0.29) is 0 Å². The minimum atomic E-state index is 0.321. The fraction of sp³-hybridized carbons (Fsp3) is 1.00. The summed E-state index contributed by atoms with van der Waals surface area (Å²) < 4.78 is 0. The molecule has 1 fully saturated rings. The molecule has 0 aliphatic heterocycles. The van der Waals surface area contributed by atoms with E-state index in [1.54, 1.807) is 0 Å². The molecule has 0 aromatic heterocycles. The third-order valence-corrected chi connectivity index (χ3v) is 3.32. The van der Waals surface area contributed by atoms with Crippen LogP contribution in [0.1, 0.15) is 40.0 Å². The van der Waals surface area contributed by atoms with E-state index >= 15 is 0 Å². The van der Waals surface area contributed by atoms with Gasteiger partial charge in [0.2, 0.25) is 0 Å². The van der Waals surface area contributed by atoms with Crippen LogP contribution in [-0.2, 0) is 0 Å². The zero-order chi connectivity index (χ0) is 10.1. The highest BCUT2D eigenvalue weighted by atomic mass is 15.1. The van der Waals surface area contributed by atoms with Crippen molar-refractivity contribution in [2.75, 3.05) is 14.1 Å². The first-order valence-electron chi connectivity index (χ1n) is 5.38. The Morgan fingerprint density at radius 3 is 2.23 bits per heavy atom. The molecule has 0 spiro atoms. The summed E-state index contributed by atoms with van der Waals surface area (Å²) in [6, 6.07) is 1.56. The molecule has 0 aromatic rings. The molecule has 0 heterocycles. The molecular formula is C11H24N2. The van der Waals surface area contributed by atoms with Crippen LogP contribution < -0.4 is 5.32 Å². The molecule has 1 saturated carbocycles. The van der Waals surface area contributed by atoms with E-state index in [1.165, 1.54) is 19.3 Å². The lowest BCUT2D eigenvalue weighted by atomic mass is 9.84. The summed E-state index contributed by atoms with van der Waals surface area (Å²) in [6.45, 7) is 6.82. The summed E-state index contributed by atoms with van der Waals surface area (Å²) in [6.07, 6.45) is 3.84. The maximum atomic E-state index is 3.70. The summed E-state index contributed by atoms with van der Waals surface area (Å²) in [7, 11) is 4.34. The van der Waals surface area contributed by atoms with Gasteiger partial charge in [-0.2, -0.15) is 0 Å². The van der Waals surface area contributed by atoms with Gasteiger partial charge in [-0.05, 0) is 47.2 Å². The predicted molar refractivity (Wildman–Crippen MR) is 58.0 cm³/mol. The van der Waals surface area contributed by atoms with E-state index in [4.69, 9.17) is 0 Å². The number of hydrogen-bond acceptors (Lipinski definition) is 2. The Morgan fingerprint density at radius 1 is 1.31 bits per heavy atom. The van der Waals surface area contributed by atoms with E-state index < -0.39 is 0 Å². The van der Waals surface area contributed by atoms with Gasteiger partial charge in [-0.15, -0.1) is 0 Å². The number of nitrogens with zero attached hydrogens (tertiary/aromatic N) is 1. The molecule has 78 valence electrons. The Kier molecular flexibility index (Phi) is 3.36. The van der Waals surface area contributed by atoms with Gasteiger partial charge < -0.3 is 10.2 Å². The lowest BCUT2D eigenvalue weighted by Gasteiger charge is -2.44. The smallest absolute Gasteiger partial charge is 0.0125 e. The first-order chi connectivity index (χ1) is 5.94. The molecule has 13 heavy (non-hydrogen) atoms. The topological polar surface area (TPSA) is 15.3 Å². The third kappa shape index (κ3) is 2.96. The third-order valence-electron chi connectivity index (χ3n) is 3.32. The molecule has 0 amide bonds. The van der Waals surface area contributed by atoms with Gasteiger partial charge in [-0.25, -0.2) is 0 Å². The fourth-order valence-corrected chi connectivity index (χ4v) is 1.78. The van der Waals surface area contributed by atoms with Gasteiger partial charge in [-0.3, -0.25) is 0 Å². The molecule has 1 rings (SSSR count). The molecule has 0 unspecified atom stereocenters. The van der Waals surface area contributed by atoms with Gasteiger partial charge >= 0.3 is 0 Å². The molecule has 2 nitrogen and oxygen atoms in total. The van der Waals surface area contributed by atoms with E-state index in [9.17, 15) is 0 Å². The van der Waals surface area contributed by atoms with Gasteiger partial charge in [0.25, 0.3) is 0 Å². The highest BCUT2D eigenvalue weighted by Gasteiger charge is 2.33. The van der Waals surface area contributed by atoms with Crippen LogP contribution in [0.3, 0.4) is 0 Å². The second kappa shape index (κ2) is 3.97. The fourth-order valence-electron chi connectivity index (χ4n) is 1.78. The average molecular weight is 184 g/mol. The van der Waals surface area contributed by atoms with Crippen molar-refractivity contribution in [1.82, 2.24) is 10.2 Å². The van der Waals surface area contributed by atoms with Gasteiger partial charge in [0, 0.05) is 17.6 Å². The van der Waals surface area contributed by atoms with Crippen LogP contribution in [0.25, 0.3) is 0 Å². The van der Waals surface area contributed by atoms with Crippen LogP contribution in [0.5, 0.6) is 0 Å². The molecule has 2 heteroatoms. The molecule has 1 aliphatic rings. The minimum Gasteiger partial charge on any atom is -0.309 e. The zero-order valence-corrected chi connectivity index (χ0v) is 9.72. The number of rotatable bonds is 4. The van der Waals surface area contributed by atoms with Crippen LogP contribution in [-0.4, -0.2) is 36.6 Å². The van der Waals surface area contributed by atoms with E-state index in [0.29, 0.717) is 5.54 Å². The van der Waals surface area contributed by atoms with Crippen LogP contribution in [0.4, 0.5) is 0 Å². The van der Waals surface area contributed by atoms with Crippen molar-refractivity contribution in [3.8, 4) is 0 Å². The summed E-state index contributed by atoms with van der Waals surface area (Å²) in [5, 5.41) is 3.70. The quantitative estimate of drug-likeness (QED) is 0.717. The largest absolute Gasteiger partial charge is 0.309 e. The predicted octanol–water partition coefficient (Wildman–Crippen LogP) is 1.86. The van der Waals surface area contributed by atoms with Crippen molar-refractivity contribution in [3.63, 3.8) is 0 Å². The Labute approximate surface area is 82.7 Å². The Hall–Kier alpha value is -0.0800. The SMILES string of the molecule is CCC(C)(C)NC1CC(N(C)C)C1. The second-order valence-corrected chi connectivity index (χ2v) is 5.17. The van der Waals surface area contributed by atoms with Crippen LogP contribution in [0.2, 0.25) is 0 Å². The van der Waals surface area contributed by atoms with Gasteiger partial charge in [0.1, 0.15) is 0 Å². The summed E-state index contributed by atoms with van der Waals surface area (Å²) >= 11 is 0. The van der Waals surface area contributed by atoms with Crippen LogP contribution >= 0.6 is 0 Å². The van der Waals surface area contributed by atoms with E-state index in [2.05, 4.69) is 45.1 Å².